The molecule has 3 aromatic rings. The number of hydrogen-bond donors (Lipinski definition) is 1. The molecule has 2 N–H and O–H groups in total. The number of thiophene rings is 1. The molecule has 0 fully saturated rings. The van der Waals surface area contributed by atoms with E-state index in [9.17, 15) is 8.78 Å². The molecule has 0 aliphatic rings. The Morgan fingerprint density at radius 2 is 1.90 bits per heavy atom. The molecule has 1 heterocycles. The summed E-state index contributed by atoms with van der Waals surface area (Å²) in [5.74, 6) is -0.525. The summed E-state index contributed by atoms with van der Waals surface area (Å²) in [6, 6.07) is 11.1. The standard InChI is InChI=1S/C16H12BrF2NS/c17-11-2-4-13(19)10(5-11)6-14(20)16-7-9-1-3-12(18)8-15(9)21-16/h1-5,7-8,14H,6,20H2. The highest BCUT2D eigenvalue weighted by Gasteiger charge is 2.14. The molecule has 0 amide bonds. The van der Waals surface area contributed by atoms with E-state index >= 15 is 0 Å². The molecule has 0 spiro atoms. The number of nitrogens with two attached hydrogens (primary N) is 1. The van der Waals surface area contributed by atoms with Crippen LogP contribution in [0.15, 0.2) is 46.9 Å². The Labute approximate surface area is 133 Å². The van der Waals surface area contributed by atoms with Gasteiger partial charge in [-0.05, 0) is 53.8 Å². The van der Waals surface area contributed by atoms with Crippen LogP contribution < -0.4 is 5.73 Å². The first-order chi connectivity index (χ1) is 10.0. The molecule has 5 heteroatoms. The van der Waals surface area contributed by atoms with E-state index in [-0.39, 0.29) is 17.7 Å². The van der Waals surface area contributed by atoms with Crippen LogP contribution >= 0.6 is 27.3 Å². The lowest BCUT2D eigenvalue weighted by atomic mass is 10.0. The molecule has 0 radical (unpaired) electrons. The second-order valence-corrected chi connectivity index (χ2v) is 6.91. The lowest BCUT2D eigenvalue weighted by Gasteiger charge is -2.10. The predicted octanol–water partition coefficient (Wildman–Crippen LogP) is 5.18. The third-order valence-electron chi connectivity index (χ3n) is 3.31. The van der Waals surface area contributed by atoms with Crippen LogP contribution in [0.2, 0.25) is 0 Å². The molecule has 1 unspecified atom stereocenters. The molecule has 0 saturated heterocycles. The van der Waals surface area contributed by atoms with E-state index in [1.807, 2.05) is 6.07 Å². The van der Waals surface area contributed by atoms with E-state index in [0.29, 0.717) is 12.0 Å². The number of halogens is 3. The summed E-state index contributed by atoms with van der Waals surface area (Å²) >= 11 is 4.78. The van der Waals surface area contributed by atoms with Gasteiger partial charge < -0.3 is 5.73 Å². The summed E-state index contributed by atoms with van der Waals surface area (Å²) in [6.45, 7) is 0. The molecule has 3 rings (SSSR count). The fourth-order valence-electron chi connectivity index (χ4n) is 2.25. The van der Waals surface area contributed by atoms with Crippen molar-refractivity contribution in [3.05, 3.63) is 69.0 Å². The average molecular weight is 368 g/mol. The van der Waals surface area contributed by atoms with Gasteiger partial charge in [-0.25, -0.2) is 8.78 Å². The van der Waals surface area contributed by atoms with Crippen molar-refractivity contribution in [1.82, 2.24) is 0 Å². The third kappa shape index (κ3) is 3.15. The first kappa shape index (κ1) is 14.6. The Morgan fingerprint density at radius 3 is 2.71 bits per heavy atom. The minimum atomic E-state index is -0.311. The van der Waals surface area contributed by atoms with Crippen molar-refractivity contribution >= 4 is 37.4 Å². The maximum atomic E-state index is 13.8. The number of benzene rings is 2. The van der Waals surface area contributed by atoms with E-state index in [0.717, 1.165) is 19.4 Å². The van der Waals surface area contributed by atoms with Gasteiger partial charge in [0.25, 0.3) is 0 Å². The predicted molar refractivity (Wildman–Crippen MR) is 86.5 cm³/mol. The van der Waals surface area contributed by atoms with Crippen molar-refractivity contribution in [3.8, 4) is 0 Å². The summed E-state index contributed by atoms with van der Waals surface area (Å²) in [5, 5.41) is 0.960. The fourth-order valence-corrected chi connectivity index (χ4v) is 3.74. The zero-order valence-electron chi connectivity index (χ0n) is 10.9. The molecule has 0 aliphatic heterocycles. The molecule has 1 nitrogen and oxygen atoms in total. The Bertz CT molecular complexity index is 800. The van der Waals surface area contributed by atoms with E-state index in [1.165, 1.54) is 29.5 Å². The Balaban J connectivity index is 1.89. The number of rotatable bonds is 3. The van der Waals surface area contributed by atoms with Crippen LogP contribution in [0.1, 0.15) is 16.5 Å². The van der Waals surface area contributed by atoms with Crippen molar-refractivity contribution in [2.75, 3.05) is 0 Å². The van der Waals surface area contributed by atoms with Crippen molar-refractivity contribution < 1.29 is 8.78 Å². The molecule has 1 aromatic heterocycles. The lowest BCUT2D eigenvalue weighted by molar-refractivity contribution is 0.594. The van der Waals surface area contributed by atoms with Crippen molar-refractivity contribution in [2.45, 2.75) is 12.5 Å². The van der Waals surface area contributed by atoms with Crippen LogP contribution in [0.5, 0.6) is 0 Å². The number of hydrogen-bond acceptors (Lipinski definition) is 2. The van der Waals surface area contributed by atoms with Crippen LogP contribution in [0.25, 0.3) is 10.1 Å². The van der Waals surface area contributed by atoms with Crippen LogP contribution in [-0.2, 0) is 6.42 Å². The van der Waals surface area contributed by atoms with Gasteiger partial charge in [-0.3, -0.25) is 0 Å². The van der Waals surface area contributed by atoms with E-state index in [4.69, 9.17) is 5.73 Å². The molecule has 2 aromatic carbocycles. The Hall–Kier alpha value is -1.30. The molecule has 21 heavy (non-hydrogen) atoms. The molecule has 0 saturated carbocycles. The second kappa shape index (κ2) is 5.83. The second-order valence-electron chi connectivity index (χ2n) is 4.88. The van der Waals surface area contributed by atoms with Crippen molar-refractivity contribution in [2.24, 2.45) is 5.73 Å². The zero-order valence-corrected chi connectivity index (χ0v) is 13.3. The Kier molecular flexibility index (Phi) is 4.06. The maximum Gasteiger partial charge on any atom is 0.126 e. The van der Waals surface area contributed by atoms with E-state index < -0.39 is 0 Å². The van der Waals surface area contributed by atoms with Crippen molar-refractivity contribution in [3.63, 3.8) is 0 Å². The fraction of sp³-hybridized carbons (Fsp3) is 0.125. The van der Waals surface area contributed by atoms with Crippen LogP contribution in [0.4, 0.5) is 8.78 Å². The smallest absolute Gasteiger partial charge is 0.126 e. The van der Waals surface area contributed by atoms with Crippen LogP contribution in [-0.4, -0.2) is 0 Å². The van der Waals surface area contributed by atoms with E-state index in [1.54, 1.807) is 18.2 Å². The molecule has 0 bridgehead atoms. The first-order valence-corrected chi connectivity index (χ1v) is 8.02. The van der Waals surface area contributed by atoms with Gasteiger partial charge in [-0.2, -0.15) is 0 Å². The highest BCUT2D eigenvalue weighted by atomic mass is 79.9. The van der Waals surface area contributed by atoms with Gasteiger partial charge in [-0.15, -0.1) is 11.3 Å². The minimum Gasteiger partial charge on any atom is -0.323 e. The summed E-state index contributed by atoms with van der Waals surface area (Å²) < 4.78 is 28.7. The molecule has 0 aliphatic carbocycles. The van der Waals surface area contributed by atoms with Crippen LogP contribution in [0.3, 0.4) is 0 Å². The van der Waals surface area contributed by atoms with Gasteiger partial charge in [-0.1, -0.05) is 22.0 Å². The normalized spacial score (nSPS) is 12.8. The zero-order chi connectivity index (χ0) is 15.0. The monoisotopic (exact) mass is 367 g/mol. The van der Waals surface area contributed by atoms with Gasteiger partial charge in [0.2, 0.25) is 0 Å². The molecular weight excluding hydrogens is 356 g/mol. The van der Waals surface area contributed by atoms with E-state index in [2.05, 4.69) is 15.9 Å². The first-order valence-electron chi connectivity index (χ1n) is 6.41. The third-order valence-corrected chi connectivity index (χ3v) is 5.04. The SMILES string of the molecule is NC(Cc1cc(Br)ccc1F)c1cc2ccc(F)cc2s1. The highest BCUT2D eigenvalue weighted by molar-refractivity contribution is 9.10. The maximum absolute atomic E-state index is 13.8. The van der Waals surface area contributed by atoms with Crippen LogP contribution in [0, 0.1) is 11.6 Å². The van der Waals surface area contributed by atoms with Gasteiger partial charge in [0.1, 0.15) is 11.6 Å². The van der Waals surface area contributed by atoms with Gasteiger partial charge in [0.05, 0.1) is 0 Å². The highest BCUT2D eigenvalue weighted by Crippen LogP contribution is 2.31. The number of fused-ring (bicyclic) bond motifs is 1. The summed E-state index contributed by atoms with van der Waals surface area (Å²) in [6.07, 6.45) is 0.403. The lowest BCUT2D eigenvalue weighted by Crippen LogP contribution is -2.12. The summed E-state index contributed by atoms with van der Waals surface area (Å²) in [5.41, 5.74) is 6.75. The molecule has 108 valence electrons. The largest absolute Gasteiger partial charge is 0.323 e. The average Bonchev–Trinajstić information content (AvgIpc) is 2.86. The molecule has 1 atom stereocenters. The topological polar surface area (TPSA) is 26.0 Å². The summed E-state index contributed by atoms with van der Waals surface area (Å²) in [7, 11) is 0. The van der Waals surface area contributed by atoms with Crippen molar-refractivity contribution in [1.29, 1.82) is 0 Å². The Morgan fingerprint density at radius 1 is 1.10 bits per heavy atom. The minimum absolute atomic E-state index is 0.262. The molecular formula is C16H12BrF2NS. The summed E-state index contributed by atoms with van der Waals surface area (Å²) in [4.78, 5) is 0.926. The van der Waals surface area contributed by atoms with Gasteiger partial charge in [0.15, 0.2) is 0 Å². The van der Waals surface area contributed by atoms with Gasteiger partial charge in [0, 0.05) is 20.1 Å². The quantitative estimate of drug-likeness (QED) is 0.677. The van der Waals surface area contributed by atoms with Gasteiger partial charge >= 0.3 is 0 Å².